The van der Waals surface area contributed by atoms with Crippen molar-refractivity contribution in [3.8, 4) is 0 Å². The molecular formula is C34H34N2O2. The lowest BCUT2D eigenvalue weighted by atomic mass is 9.85. The van der Waals surface area contributed by atoms with Gasteiger partial charge in [-0.25, -0.2) is 0 Å². The van der Waals surface area contributed by atoms with Crippen LogP contribution in [-0.4, -0.2) is 17.2 Å². The van der Waals surface area contributed by atoms with Gasteiger partial charge in [0.1, 0.15) is 17.4 Å². The topological polar surface area (TPSA) is 38.0 Å². The fourth-order valence-corrected chi connectivity index (χ4v) is 6.59. The van der Waals surface area contributed by atoms with Crippen molar-refractivity contribution in [3.05, 3.63) is 119 Å². The molecule has 2 aromatic carbocycles. The van der Waals surface area contributed by atoms with Gasteiger partial charge in [-0.15, -0.1) is 0 Å². The molecule has 4 heteroatoms. The second-order valence-corrected chi connectivity index (χ2v) is 10.6. The summed E-state index contributed by atoms with van der Waals surface area (Å²) in [5.41, 5.74) is 7.55. The number of nitrogens with zero attached hydrogens (tertiary/aromatic N) is 2. The largest absolute Gasteiger partial charge is 0.456 e. The lowest BCUT2D eigenvalue weighted by Crippen LogP contribution is -2.51. The van der Waals surface area contributed by atoms with E-state index >= 15 is 0 Å². The second kappa shape index (κ2) is 8.85. The Kier molecular flexibility index (Phi) is 5.69. The van der Waals surface area contributed by atoms with Gasteiger partial charge in [-0.2, -0.15) is 0 Å². The molecule has 3 aliphatic rings. The predicted molar refractivity (Wildman–Crippen MR) is 157 cm³/mol. The maximum absolute atomic E-state index is 7.23. The van der Waals surface area contributed by atoms with Gasteiger partial charge in [-0.05, 0) is 81.2 Å². The van der Waals surface area contributed by atoms with Crippen LogP contribution in [0.1, 0.15) is 61.3 Å². The number of furan rings is 1. The van der Waals surface area contributed by atoms with E-state index < -0.39 is 5.72 Å². The fourth-order valence-electron chi connectivity index (χ4n) is 6.59. The Bertz CT molecular complexity index is 1610. The van der Waals surface area contributed by atoms with Crippen LogP contribution in [0.15, 0.2) is 94.5 Å². The highest BCUT2D eigenvalue weighted by Gasteiger charge is 2.57. The van der Waals surface area contributed by atoms with Crippen molar-refractivity contribution in [1.82, 2.24) is 4.90 Å². The zero-order valence-electron chi connectivity index (χ0n) is 22.8. The molecule has 1 aliphatic carbocycles. The maximum atomic E-state index is 7.23. The van der Waals surface area contributed by atoms with Gasteiger partial charge in [-0.1, -0.05) is 62.1 Å². The average molecular weight is 503 g/mol. The van der Waals surface area contributed by atoms with E-state index in [-0.39, 0.29) is 11.6 Å². The van der Waals surface area contributed by atoms with Crippen molar-refractivity contribution < 1.29 is 9.15 Å². The number of hydrogen-bond acceptors (Lipinski definition) is 4. The number of aliphatic imine (C=N–C) groups is 1. The number of para-hydroxylation sites is 1. The van der Waals surface area contributed by atoms with Gasteiger partial charge in [0, 0.05) is 16.6 Å². The molecule has 2 bridgehead atoms. The minimum absolute atomic E-state index is 0.301. The van der Waals surface area contributed by atoms with E-state index in [0.717, 1.165) is 40.1 Å². The van der Waals surface area contributed by atoms with Crippen molar-refractivity contribution >= 4 is 29.0 Å². The molecule has 4 nitrogen and oxygen atoms in total. The number of allylic oxidation sites excluding steroid dienone is 4. The highest BCUT2D eigenvalue weighted by atomic mass is 16.5. The summed E-state index contributed by atoms with van der Waals surface area (Å²) in [5.74, 6) is 0.814. The summed E-state index contributed by atoms with van der Waals surface area (Å²) in [4.78, 5) is 7.61. The van der Waals surface area contributed by atoms with Crippen LogP contribution in [-0.2, 0) is 22.4 Å². The molecule has 0 fully saturated rings. The molecule has 38 heavy (non-hydrogen) atoms. The van der Waals surface area contributed by atoms with Crippen molar-refractivity contribution in [3.63, 3.8) is 0 Å². The van der Waals surface area contributed by atoms with Gasteiger partial charge in [0.25, 0.3) is 0 Å². The molecule has 0 saturated carbocycles. The molecule has 1 spiro atoms. The van der Waals surface area contributed by atoms with Gasteiger partial charge in [0.05, 0.1) is 23.0 Å². The quantitative estimate of drug-likeness (QED) is 0.338. The van der Waals surface area contributed by atoms with Crippen LogP contribution in [0.4, 0.5) is 0 Å². The van der Waals surface area contributed by atoms with Crippen LogP contribution in [0.2, 0.25) is 0 Å². The van der Waals surface area contributed by atoms with Crippen molar-refractivity contribution in [2.75, 3.05) is 0 Å². The van der Waals surface area contributed by atoms with E-state index in [1.807, 2.05) is 42.6 Å². The summed E-state index contributed by atoms with van der Waals surface area (Å²) in [6.07, 6.45) is 16.9. The fraction of sp³-hybridized carbons (Fsp3) is 0.265. The number of benzene rings is 2. The first-order valence-corrected chi connectivity index (χ1v) is 13.4. The molecule has 192 valence electrons. The molecule has 0 radical (unpaired) electrons. The summed E-state index contributed by atoms with van der Waals surface area (Å²) in [6, 6.07) is 12.6. The van der Waals surface area contributed by atoms with Crippen LogP contribution in [0.25, 0.3) is 22.7 Å². The van der Waals surface area contributed by atoms with E-state index in [0.29, 0.717) is 0 Å². The van der Waals surface area contributed by atoms with Crippen LogP contribution < -0.4 is 0 Å². The van der Waals surface area contributed by atoms with Crippen molar-refractivity contribution in [2.45, 2.75) is 58.4 Å². The summed E-state index contributed by atoms with van der Waals surface area (Å²) in [6.45, 7) is 15.0. The van der Waals surface area contributed by atoms with Crippen LogP contribution in [0, 0.1) is 6.92 Å². The van der Waals surface area contributed by atoms with Crippen LogP contribution in [0.5, 0.6) is 0 Å². The third-order valence-corrected chi connectivity index (χ3v) is 8.03. The van der Waals surface area contributed by atoms with E-state index in [1.165, 1.54) is 22.3 Å². The highest BCUT2D eigenvalue weighted by Crippen LogP contribution is 2.56. The molecule has 2 aliphatic heterocycles. The van der Waals surface area contributed by atoms with E-state index in [9.17, 15) is 0 Å². The molecule has 0 amide bonds. The molecule has 0 saturated heterocycles. The molecule has 2 atom stereocenters. The molecule has 3 heterocycles. The summed E-state index contributed by atoms with van der Waals surface area (Å²) in [5, 5.41) is 1.06. The van der Waals surface area contributed by atoms with Crippen LogP contribution >= 0.6 is 0 Å². The Hall–Kier alpha value is -3.89. The molecule has 1 aromatic heterocycles. The second-order valence-electron chi connectivity index (χ2n) is 10.6. The van der Waals surface area contributed by atoms with Gasteiger partial charge in [-0.3, -0.25) is 4.99 Å². The first-order chi connectivity index (χ1) is 18.4. The van der Waals surface area contributed by atoms with Gasteiger partial charge >= 0.3 is 0 Å². The first-order valence-electron chi connectivity index (χ1n) is 13.4. The Morgan fingerprint density at radius 3 is 2.74 bits per heavy atom. The van der Waals surface area contributed by atoms with Gasteiger partial charge in [0.2, 0.25) is 5.72 Å². The molecule has 2 unspecified atom stereocenters. The van der Waals surface area contributed by atoms with Gasteiger partial charge in [0.15, 0.2) is 0 Å². The molecule has 3 aromatic rings. The number of aryl methyl sites for hydroxylation is 2. The van der Waals surface area contributed by atoms with E-state index in [2.05, 4.69) is 88.6 Å². The molecule has 0 N–H and O–H groups in total. The maximum Gasteiger partial charge on any atom is 0.206 e. The highest BCUT2D eigenvalue weighted by molar-refractivity contribution is 5.97. The predicted octanol–water partition coefficient (Wildman–Crippen LogP) is 8.19. The monoisotopic (exact) mass is 502 g/mol. The van der Waals surface area contributed by atoms with Crippen molar-refractivity contribution in [1.29, 1.82) is 0 Å². The Balaban J connectivity index is 1.64. The number of hydrogen-bond donors (Lipinski definition) is 0. The van der Waals surface area contributed by atoms with E-state index in [4.69, 9.17) is 14.1 Å². The first kappa shape index (κ1) is 24.4. The number of ether oxygens (including phenoxy) is 1. The molecule has 6 rings (SSSR count). The van der Waals surface area contributed by atoms with Gasteiger partial charge < -0.3 is 14.1 Å². The Morgan fingerprint density at radius 2 is 1.97 bits per heavy atom. The number of rotatable bonds is 4. The number of fused-ring (bicyclic) bond motifs is 7. The Labute approximate surface area is 225 Å². The third-order valence-electron chi connectivity index (χ3n) is 8.03. The zero-order chi connectivity index (χ0) is 26.7. The summed E-state index contributed by atoms with van der Waals surface area (Å²) in [7, 11) is 0. The van der Waals surface area contributed by atoms with E-state index in [1.54, 1.807) is 0 Å². The van der Waals surface area contributed by atoms with Crippen LogP contribution in [0.3, 0.4) is 0 Å². The Morgan fingerprint density at radius 1 is 1.16 bits per heavy atom. The third kappa shape index (κ3) is 3.36. The average Bonchev–Trinajstić information content (AvgIpc) is 3.20. The lowest BCUT2D eigenvalue weighted by molar-refractivity contribution is -0.120. The normalized spacial score (nSPS) is 23.5. The zero-order valence-corrected chi connectivity index (χ0v) is 22.8. The minimum Gasteiger partial charge on any atom is -0.456 e. The summed E-state index contributed by atoms with van der Waals surface area (Å²) < 4.78 is 13.4. The minimum atomic E-state index is -0.909. The lowest BCUT2D eigenvalue weighted by Gasteiger charge is -2.45. The SMILES string of the molecule is C=C/C=C\C(=C/C)N1C(C)(C)c2c(C)ccc(CC)c2C12C=NC1=CC(C=Cc3oc4ccccc4c31)O2. The van der Waals surface area contributed by atoms with Crippen molar-refractivity contribution in [2.24, 2.45) is 4.99 Å². The molecular weight excluding hydrogens is 468 g/mol. The smallest absolute Gasteiger partial charge is 0.206 e. The summed E-state index contributed by atoms with van der Waals surface area (Å²) >= 11 is 0. The standard InChI is InChI=1S/C34H34N2O2/c1-7-10-13-24(9-3)36-33(5,6)31-22(4)16-17-23(8-2)32(31)34(36)21-35-27-20-25(38-34)18-19-29-30(27)26-14-11-12-15-28(26)37-29/h7,9-21,25H,1,8H2,2-6H3/b13-10-,24-9+.